The molecule has 4 fully saturated rings. The van der Waals surface area contributed by atoms with E-state index in [9.17, 15) is 40.2 Å². The van der Waals surface area contributed by atoms with E-state index in [1.807, 2.05) is 29.5 Å². The highest BCUT2D eigenvalue weighted by molar-refractivity contribution is 14.1. The summed E-state index contributed by atoms with van der Waals surface area (Å²) in [6, 6.07) is -1.23. The van der Waals surface area contributed by atoms with Crippen LogP contribution >= 0.6 is 47.0 Å². The monoisotopic (exact) mass is 1290 g/mol. The fraction of sp³-hybridized carbons (Fsp3) is 0.673. The zero-order valence-electron chi connectivity index (χ0n) is 46.7. The molecule has 6 aliphatic rings. The Hall–Kier alpha value is -3.15. The molecule has 7 rings (SSSR count). The van der Waals surface area contributed by atoms with E-state index in [1.54, 1.807) is 40.9 Å². The number of likely N-dealkylation sites (N-methyl/N-ethyl adjacent to an activating group) is 1. The van der Waals surface area contributed by atoms with Gasteiger partial charge < -0.3 is 92.8 Å². The number of esters is 1. The Morgan fingerprint density at radius 3 is 2.25 bits per heavy atom. The molecule has 0 aromatic heterocycles. The molecule has 81 heavy (non-hydrogen) atoms. The molecular formula is C55H75IN2O21S2. The maximum atomic E-state index is 14.4. The van der Waals surface area contributed by atoms with Crippen molar-refractivity contribution in [3.05, 3.63) is 49.6 Å². The molecule has 8 N–H and O–H groups in total. The second-order valence-corrected chi connectivity index (χ2v) is 22.7. The molecule has 4 heterocycles. The van der Waals surface area contributed by atoms with Gasteiger partial charge in [0.25, 0.3) is 0 Å². The van der Waals surface area contributed by atoms with Crippen LogP contribution in [-0.4, -0.2) is 218 Å². The van der Waals surface area contributed by atoms with Gasteiger partial charge >= 0.3 is 5.97 Å². The average Bonchev–Trinajstić information content (AvgIpc) is 3.47. The topological polar surface area (TPSA) is 300 Å². The number of allylic oxidation sites excluding steroid dienone is 2. The van der Waals surface area contributed by atoms with Gasteiger partial charge in [0.15, 0.2) is 36.0 Å². The van der Waals surface area contributed by atoms with Gasteiger partial charge in [0.05, 0.1) is 97.4 Å². The van der Waals surface area contributed by atoms with Crippen LogP contribution in [-0.2, 0) is 52.3 Å². The van der Waals surface area contributed by atoms with Crippen LogP contribution in [0.3, 0.4) is 0 Å². The smallest absolute Gasteiger partial charge is 0.309 e. The van der Waals surface area contributed by atoms with Crippen LogP contribution < -0.4 is 25.0 Å². The van der Waals surface area contributed by atoms with Crippen molar-refractivity contribution in [3.8, 4) is 40.9 Å². The second-order valence-electron chi connectivity index (χ2n) is 20.1. The molecule has 26 heteroatoms. The SMILES string of the molecule is CCN[C@H]1CO[C@@H](O[C@H]2[C@H](O[C@H]3C#C/C=C\C#C[C@]4(O)C[C@H](O)C(CC(=O)OC)=C3/C4=C\CS)O[C@H](C)[C@@H](NO[C@H]3C[C@H](O)[C@H](SC(=O)c4c(C)c(I)c(O[C@@H]5O[C@@H](C)[C@H](O)[C@@H](OC)[C@H]5O)c(OC)c4OC)[C@@H](C)O3)[C@@H]2O)C[C@@H]1OC. The molecule has 0 spiro atoms. The molecule has 4 aliphatic heterocycles. The Morgan fingerprint density at radius 1 is 0.877 bits per heavy atom. The number of thiol groups is 1. The first-order valence-electron chi connectivity index (χ1n) is 26.5. The first-order chi connectivity index (χ1) is 38.7. The van der Waals surface area contributed by atoms with Crippen molar-refractivity contribution in [1.82, 2.24) is 10.8 Å². The Bertz CT molecular complexity index is 2600. The van der Waals surface area contributed by atoms with Crippen LogP contribution in [0.15, 0.2) is 34.9 Å². The van der Waals surface area contributed by atoms with Crippen molar-refractivity contribution in [2.45, 2.75) is 182 Å². The minimum absolute atomic E-state index is 0.0309. The number of hydrogen-bond acceptors (Lipinski definition) is 25. The molecule has 4 saturated heterocycles. The quantitative estimate of drug-likeness (QED) is 0.0294. The molecule has 2 bridgehead atoms. The Balaban J connectivity index is 1.10. The lowest BCUT2D eigenvalue weighted by Gasteiger charge is -2.47. The van der Waals surface area contributed by atoms with Crippen molar-refractivity contribution < 1.29 is 102 Å². The normalized spacial score (nSPS) is 37.8. The van der Waals surface area contributed by atoms with Crippen LogP contribution in [0.25, 0.3) is 0 Å². The van der Waals surface area contributed by atoms with Gasteiger partial charge in [-0.3, -0.25) is 14.4 Å². The Labute approximate surface area is 494 Å². The molecule has 0 saturated carbocycles. The van der Waals surface area contributed by atoms with E-state index in [0.717, 1.165) is 11.8 Å². The first kappa shape index (κ1) is 65.4. The van der Waals surface area contributed by atoms with E-state index in [2.05, 4.69) is 47.1 Å². The first-order valence-corrected chi connectivity index (χ1v) is 29.1. The zero-order valence-corrected chi connectivity index (χ0v) is 50.6. The number of benzene rings is 1. The lowest BCUT2D eigenvalue weighted by molar-refractivity contribution is -0.336. The molecule has 23 nitrogen and oxygen atoms in total. The number of aliphatic hydroxyl groups is 6. The number of rotatable bonds is 20. The fourth-order valence-electron chi connectivity index (χ4n) is 10.8. The Kier molecular flexibility index (Phi) is 23.7. The number of ether oxygens (including phenoxy) is 12. The van der Waals surface area contributed by atoms with Crippen molar-refractivity contribution >= 4 is 58.1 Å². The number of thioether (sulfide) groups is 1. The molecule has 1 aromatic rings. The van der Waals surface area contributed by atoms with E-state index in [4.69, 9.17) is 61.7 Å². The molecule has 20 atom stereocenters. The number of nitrogens with one attached hydrogen (secondary N) is 2. The second kappa shape index (κ2) is 29.3. The number of aliphatic hydroxyl groups excluding tert-OH is 5. The van der Waals surface area contributed by atoms with Crippen LogP contribution in [0.5, 0.6) is 17.2 Å². The number of methoxy groups -OCH3 is 5. The number of carbonyl (C=O) groups is 2. The summed E-state index contributed by atoms with van der Waals surface area (Å²) in [4.78, 5) is 33.4. The number of fused-ring (bicyclic) bond motifs is 2. The lowest BCUT2D eigenvalue weighted by atomic mass is 9.72. The number of hydroxylamine groups is 1. The number of halogens is 1. The van der Waals surface area contributed by atoms with E-state index in [0.29, 0.717) is 15.7 Å². The molecule has 2 aliphatic carbocycles. The van der Waals surface area contributed by atoms with E-state index in [1.165, 1.54) is 40.6 Å². The molecule has 0 unspecified atom stereocenters. The molecular weight excluding hydrogens is 1220 g/mol. The van der Waals surface area contributed by atoms with Crippen molar-refractivity contribution in [3.63, 3.8) is 0 Å². The average molecular weight is 1290 g/mol. The van der Waals surface area contributed by atoms with Gasteiger partial charge in [-0.1, -0.05) is 48.4 Å². The Morgan fingerprint density at radius 2 is 1.59 bits per heavy atom. The highest BCUT2D eigenvalue weighted by Gasteiger charge is 2.52. The number of hydrogen-bond donors (Lipinski definition) is 9. The van der Waals surface area contributed by atoms with Gasteiger partial charge in [0.2, 0.25) is 17.2 Å². The maximum Gasteiger partial charge on any atom is 0.309 e. The van der Waals surface area contributed by atoms with Crippen molar-refractivity contribution in [2.24, 2.45) is 0 Å². The van der Waals surface area contributed by atoms with E-state index >= 15 is 0 Å². The van der Waals surface area contributed by atoms with Crippen molar-refractivity contribution in [2.75, 3.05) is 54.5 Å². The van der Waals surface area contributed by atoms with Gasteiger partial charge in [0, 0.05) is 44.8 Å². The summed E-state index contributed by atoms with van der Waals surface area (Å²) >= 11 is 7.26. The highest BCUT2D eigenvalue weighted by Crippen LogP contribution is 2.49. The van der Waals surface area contributed by atoms with Crippen LogP contribution in [0, 0.1) is 34.2 Å². The van der Waals surface area contributed by atoms with Gasteiger partial charge in [-0.2, -0.15) is 18.1 Å². The summed E-state index contributed by atoms with van der Waals surface area (Å²) in [5.41, 5.74) is 2.07. The van der Waals surface area contributed by atoms with Gasteiger partial charge in [-0.25, -0.2) is 0 Å². The van der Waals surface area contributed by atoms with Gasteiger partial charge in [-0.15, -0.1) is 0 Å². The minimum atomic E-state index is -1.93. The molecule has 0 amide bonds. The predicted octanol–water partition coefficient (Wildman–Crippen LogP) is 1.51. The molecule has 0 radical (unpaired) electrons. The highest BCUT2D eigenvalue weighted by atomic mass is 127. The number of carbonyl (C=O) groups excluding carboxylic acids is 2. The van der Waals surface area contributed by atoms with E-state index in [-0.39, 0.29) is 89.7 Å². The maximum absolute atomic E-state index is 14.4. The summed E-state index contributed by atoms with van der Waals surface area (Å²) in [7, 11) is 6.88. The minimum Gasteiger partial charge on any atom is -0.492 e. The van der Waals surface area contributed by atoms with E-state index < -0.39 is 120 Å². The largest absolute Gasteiger partial charge is 0.492 e. The van der Waals surface area contributed by atoms with Crippen LogP contribution in [0.4, 0.5) is 0 Å². The third-order valence-electron chi connectivity index (χ3n) is 15.0. The molecule has 1 aromatic carbocycles. The predicted molar refractivity (Wildman–Crippen MR) is 302 cm³/mol. The van der Waals surface area contributed by atoms with Gasteiger partial charge in [-0.05, 0) is 85.7 Å². The summed E-state index contributed by atoms with van der Waals surface area (Å²) in [6.45, 7) is 9.46. The summed E-state index contributed by atoms with van der Waals surface area (Å²) < 4.78 is 72.5. The van der Waals surface area contributed by atoms with Crippen LogP contribution in [0.1, 0.15) is 69.3 Å². The molecule has 450 valence electrons. The fourth-order valence-corrected chi connectivity index (χ4v) is 12.7. The summed E-state index contributed by atoms with van der Waals surface area (Å²) in [6.07, 6.45) is -14.0. The third kappa shape index (κ3) is 14.6. The van der Waals surface area contributed by atoms with Crippen LogP contribution in [0.2, 0.25) is 0 Å². The van der Waals surface area contributed by atoms with Gasteiger partial charge in [0.1, 0.15) is 36.6 Å². The summed E-state index contributed by atoms with van der Waals surface area (Å²) in [5, 5.41) is 71.5. The van der Waals surface area contributed by atoms with Crippen molar-refractivity contribution in [1.29, 1.82) is 0 Å². The third-order valence-corrected chi connectivity index (χ3v) is 17.9. The summed E-state index contributed by atoms with van der Waals surface area (Å²) in [5.74, 6) is 11.2. The zero-order chi connectivity index (χ0) is 59.0. The standard InChI is InChI=1S/C55H75IN2O21S2/c1-11-57-31-24-72-37(22-35(31)67-6)77-49-44(63)42(26(3)74-54(49)76-34-16-14-12-13-15-18-55(66)23-33(60)29(20-36(61)68-7)40(34)30(55)17-19-80)58-79-38-21-32(59)51(28(5)73-38)81-52(65)39-25(2)41(56)47(50(71-10)46(39)69-8)78-53-45(64)48(70-9)43(62)27(4)75-53/h12-13,17,26-28,31-35,37-38,42-45,48-49,51,53-54,57-60,62-64,66,80H,11,19-24H2,1-10H3/b13-12-,30-17+/t26-,27+,28-,31+,32+,33+,34+,35+,37+,38+,42-,43+,44+,45-,48-,49-,51-,53+,54+,55+/m1/s1. The lowest BCUT2D eigenvalue weighted by Crippen LogP contribution is -2.65.